The van der Waals surface area contributed by atoms with E-state index in [2.05, 4.69) is 90.2 Å². The number of thioether (sulfide) groups is 1. The van der Waals surface area contributed by atoms with Crippen molar-refractivity contribution >= 4 is 61.1 Å². The average Bonchev–Trinajstić information content (AvgIpc) is 3.22. The Labute approximate surface area is 345 Å². The monoisotopic (exact) mass is 818 g/mol. The van der Waals surface area contributed by atoms with Crippen molar-refractivity contribution in [2.45, 2.75) is 35.6 Å². The number of rotatable bonds is 16. The van der Waals surface area contributed by atoms with Gasteiger partial charge in [0.1, 0.15) is 12.0 Å². The van der Waals surface area contributed by atoms with Crippen molar-refractivity contribution in [1.29, 1.82) is 0 Å². The van der Waals surface area contributed by atoms with Gasteiger partial charge in [-0.15, -0.1) is 11.8 Å². The van der Waals surface area contributed by atoms with E-state index in [0.29, 0.717) is 16.7 Å². The van der Waals surface area contributed by atoms with Gasteiger partial charge >= 0.3 is 0 Å². The van der Waals surface area contributed by atoms with Gasteiger partial charge in [-0.05, 0) is 87.1 Å². The minimum atomic E-state index is -4.26. The fourth-order valence-corrected chi connectivity index (χ4v) is 9.72. The third-order valence-electron chi connectivity index (χ3n) is 10.8. The van der Waals surface area contributed by atoms with Crippen LogP contribution in [0.3, 0.4) is 0 Å². The summed E-state index contributed by atoms with van der Waals surface area (Å²) in [4.78, 5) is 28.3. The molecule has 2 atom stereocenters. The summed E-state index contributed by atoms with van der Waals surface area (Å²) >= 11 is 1.66. The summed E-state index contributed by atoms with van der Waals surface area (Å²) < 4.78 is 30.1. The van der Waals surface area contributed by atoms with E-state index < -0.39 is 14.9 Å². The second kappa shape index (κ2) is 18.1. The Hall–Kier alpha value is -5.28. The van der Waals surface area contributed by atoms with Crippen LogP contribution in [0.15, 0.2) is 131 Å². The second-order valence-electron chi connectivity index (χ2n) is 15.4. The number of sulfonamides is 1. The number of benzene rings is 4. The number of nitro benzene ring substituents is 1. The van der Waals surface area contributed by atoms with Crippen molar-refractivity contribution < 1.29 is 13.3 Å². The molecule has 1 unspecified atom stereocenters. The zero-order chi connectivity index (χ0) is 40.7. The van der Waals surface area contributed by atoms with Crippen LogP contribution in [0.4, 0.5) is 22.9 Å². The van der Waals surface area contributed by atoms with E-state index in [-0.39, 0.29) is 33.5 Å². The highest BCUT2D eigenvalue weighted by Gasteiger charge is 2.33. The van der Waals surface area contributed by atoms with Gasteiger partial charge in [0.25, 0.3) is 15.7 Å². The van der Waals surface area contributed by atoms with E-state index >= 15 is 0 Å². The number of hydrogen-bond acceptors (Lipinski definition) is 11. The quantitative estimate of drug-likeness (QED) is 0.0569. The first kappa shape index (κ1) is 40.9. The molecule has 0 radical (unpaired) electrons. The molecule has 58 heavy (non-hydrogen) atoms. The van der Waals surface area contributed by atoms with Crippen molar-refractivity contribution in [2.24, 2.45) is 5.41 Å². The van der Waals surface area contributed by atoms with Crippen molar-refractivity contribution in [3.8, 4) is 0 Å². The van der Waals surface area contributed by atoms with E-state index in [4.69, 9.17) is 0 Å². The van der Waals surface area contributed by atoms with Crippen molar-refractivity contribution in [1.82, 2.24) is 19.8 Å². The smallest absolute Gasteiger partial charge is 0.293 e. The predicted octanol–water partition coefficient (Wildman–Crippen LogP) is 8.04. The van der Waals surface area contributed by atoms with Gasteiger partial charge in [-0.3, -0.25) is 19.7 Å². The zero-order valence-corrected chi connectivity index (χ0v) is 34.8. The average molecular weight is 819 g/mol. The van der Waals surface area contributed by atoms with Crippen molar-refractivity contribution in [2.75, 3.05) is 74.1 Å². The molecule has 1 fully saturated rings. The van der Waals surface area contributed by atoms with Crippen LogP contribution in [0.5, 0.6) is 0 Å². The first-order valence-electron chi connectivity index (χ1n) is 19.5. The summed E-state index contributed by atoms with van der Waals surface area (Å²) in [6.45, 7) is 7.62. The molecule has 0 bridgehead atoms. The molecule has 2 N–H and O–H groups in total. The summed E-state index contributed by atoms with van der Waals surface area (Å²) in [6, 6.07) is 30.2. The van der Waals surface area contributed by atoms with Crippen LogP contribution in [-0.4, -0.2) is 98.3 Å². The molecule has 1 aliphatic heterocycles. The van der Waals surface area contributed by atoms with Gasteiger partial charge < -0.3 is 15.1 Å². The predicted molar refractivity (Wildman–Crippen MR) is 236 cm³/mol. The molecule has 5 aromatic rings. The highest BCUT2D eigenvalue weighted by molar-refractivity contribution is 7.99. The number of nitrogens with zero attached hydrogens (tertiary/aromatic N) is 6. The van der Waals surface area contributed by atoms with Crippen LogP contribution in [0, 0.1) is 15.5 Å². The van der Waals surface area contributed by atoms with Crippen LogP contribution in [0.1, 0.15) is 25.3 Å². The molecule has 1 saturated heterocycles. The van der Waals surface area contributed by atoms with E-state index in [1.54, 1.807) is 11.8 Å². The maximum absolute atomic E-state index is 13.8. The molecule has 4 aromatic carbocycles. The van der Waals surface area contributed by atoms with Crippen LogP contribution < -0.4 is 14.9 Å². The molecular weight excluding hydrogens is 769 g/mol. The lowest BCUT2D eigenvalue weighted by Crippen LogP contribution is -2.49. The number of hydrogen-bond donors (Lipinski definition) is 2. The molecule has 12 nitrogen and oxygen atoms in total. The molecule has 0 amide bonds. The fraction of sp³-hybridized carbons (Fsp3) is 0.318. The van der Waals surface area contributed by atoms with E-state index in [9.17, 15) is 18.5 Å². The molecule has 2 heterocycles. The van der Waals surface area contributed by atoms with E-state index in [0.717, 1.165) is 68.8 Å². The molecular formula is C44H50N8O4S2. The summed E-state index contributed by atoms with van der Waals surface area (Å²) in [7, 11) is -0.296. The van der Waals surface area contributed by atoms with Gasteiger partial charge in [0.05, 0.1) is 15.3 Å². The van der Waals surface area contributed by atoms with E-state index in [1.165, 1.54) is 29.6 Å². The number of allylic oxidation sites excluding steroid dienone is 3. The Morgan fingerprint density at radius 3 is 2.41 bits per heavy atom. The molecule has 0 spiro atoms. The molecule has 0 saturated carbocycles. The van der Waals surface area contributed by atoms with Gasteiger partial charge in [0.2, 0.25) is 0 Å². The normalized spacial score (nSPS) is 17.9. The van der Waals surface area contributed by atoms with Gasteiger partial charge in [-0.25, -0.2) is 18.4 Å². The van der Waals surface area contributed by atoms with Crippen LogP contribution in [0.2, 0.25) is 0 Å². The summed E-state index contributed by atoms with van der Waals surface area (Å²) in [5.74, 6) is 0.769. The molecule has 14 heteroatoms. The second-order valence-corrected chi connectivity index (χ2v) is 18.2. The highest BCUT2D eigenvalue weighted by Crippen LogP contribution is 2.42. The topological polar surface area (TPSA) is 137 Å². The van der Waals surface area contributed by atoms with Gasteiger partial charge in [0, 0.05) is 72.0 Å². The Bertz CT molecular complexity index is 2390. The lowest BCUT2D eigenvalue weighted by Gasteiger charge is -2.42. The SMILES string of the molecule is CN(C)CC[C@H](CSc1ccccc1)Nc1ccc(S(=O)(=O)Nc2ncnc3cc(N4CCN(CC5(C)CC=CC=C5c5ccccc5)CC4)ccc23)cc1[N+](=O)[O-]. The number of piperazine rings is 1. The van der Waals surface area contributed by atoms with Crippen molar-refractivity contribution in [3.05, 3.63) is 137 Å². The third-order valence-corrected chi connectivity index (χ3v) is 13.3. The zero-order valence-electron chi connectivity index (χ0n) is 33.1. The number of nitro groups is 1. The van der Waals surface area contributed by atoms with Crippen LogP contribution >= 0.6 is 11.8 Å². The minimum absolute atomic E-state index is 0.0163. The Morgan fingerprint density at radius 1 is 0.948 bits per heavy atom. The summed E-state index contributed by atoms with van der Waals surface area (Å²) in [6.07, 6.45) is 9.75. The standard InChI is InChI=1S/C44H50N8O4S2/c1-44(22-11-10-16-39(44)33-12-6-4-7-13-33)31-50-24-26-51(27-25-50)35-17-19-38-41(28-35)45-32-46-43(38)48-58(55,56)37-18-20-40(42(29-37)52(53)54)47-34(21-23-49(2)3)30-57-36-14-8-5-9-15-36/h4-20,28-29,32,34,47H,21-27,30-31H2,1-3H3,(H,45,46,48)/t34-,44?/m1/s1. The molecule has 7 rings (SSSR count). The maximum Gasteiger partial charge on any atom is 0.293 e. The minimum Gasteiger partial charge on any atom is -0.376 e. The maximum atomic E-state index is 13.8. The van der Waals surface area contributed by atoms with Gasteiger partial charge in [0.15, 0.2) is 5.82 Å². The molecule has 2 aliphatic rings. The first-order chi connectivity index (χ1) is 28.0. The largest absolute Gasteiger partial charge is 0.376 e. The van der Waals surface area contributed by atoms with Gasteiger partial charge in [-0.1, -0.05) is 73.7 Å². The number of fused-ring (bicyclic) bond motifs is 1. The summed E-state index contributed by atoms with van der Waals surface area (Å²) in [5, 5.41) is 16.2. The van der Waals surface area contributed by atoms with E-state index in [1.807, 2.05) is 62.6 Å². The molecule has 1 aromatic heterocycles. The Kier molecular flexibility index (Phi) is 12.8. The third kappa shape index (κ3) is 9.87. The van der Waals surface area contributed by atoms with Gasteiger partial charge in [-0.2, -0.15) is 0 Å². The lowest BCUT2D eigenvalue weighted by atomic mass is 9.73. The Morgan fingerprint density at radius 2 is 1.69 bits per heavy atom. The van der Waals surface area contributed by atoms with Crippen molar-refractivity contribution in [3.63, 3.8) is 0 Å². The highest BCUT2D eigenvalue weighted by atomic mass is 32.2. The number of aromatic nitrogens is 2. The number of nitrogens with one attached hydrogen (secondary N) is 2. The van der Waals surface area contributed by atoms with Crippen LogP contribution in [0.25, 0.3) is 16.5 Å². The Balaban J connectivity index is 1.02. The molecule has 302 valence electrons. The lowest BCUT2D eigenvalue weighted by molar-refractivity contribution is -0.384. The molecule has 1 aliphatic carbocycles. The fourth-order valence-electron chi connectivity index (χ4n) is 7.68. The number of anilines is 3. The first-order valence-corrected chi connectivity index (χ1v) is 22.0. The van der Waals surface area contributed by atoms with Crippen LogP contribution in [-0.2, 0) is 10.0 Å². The summed E-state index contributed by atoms with van der Waals surface area (Å²) in [5.41, 5.74) is 4.19.